The number of allylic oxidation sites excluding steroid dienone is 1. The third-order valence-electron chi connectivity index (χ3n) is 4.02. The molecule has 1 aromatic carbocycles. The largest absolute Gasteiger partial charge is 0.443 e. The fraction of sp³-hybridized carbons (Fsp3) is 0.368. The maximum atomic E-state index is 12.7. The number of hydrogen-bond acceptors (Lipinski definition) is 3. The SMILES string of the molecule is C=C[C@]1(c2ccccc2)CCN(C(=O)OC(C)(C)C)C(=O)C1=C. The van der Waals surface area contributed by atoms with Crippen LogP contribution in [0.2, 0.25) is 0 Å². The molecule has 0 aliphatic carbocycles. The molecule has 23 heavy (non-hydrogen) atoms. The first-order valence-electron chi connectivity index (χ1n) is 7.64. The van der Waals surface area contributed by atoms with Gasteiger partial charge in [-0.2, -0.15) is 0 Å². The second-order valence-electron chi connectivity index (χ2n) is 6.71. The average Bonchev–Trinajstić information content (AvgIpc) is 2.49. The number of benzene rings is 1. The fourth-order valence-corrected chi connectivity index (χ4v) is 2.78. The smallest absolute Gasteiger partial charge is 0.417 e. The van der Waals surface area contributed by atoms with Crippen molar-refractivity contribution in [1.29, 1.82) is 0 Å². The van der Waals surface area contributed by atoms with Gasteiger partial charge < -0.3 is 4.74 Å². The summed E-state index contributed by atoms with van der Waals surface area (Å²) in [4.78, 5) is 26.0. The fourth-order valence-electron chi connectivity index (χ4n) is 2.78. The summed E-state index contributed by atoms with van der Waals surface area (Å²) >= 11 is 0. The molecule has 0 bridgehead atoms. The van der Waals surface area contributed by atoms with E-state index in [1.165, 1.54) is 0 Å². The Labute approximate surface area is 137 Å². The van der Waals surface area contributed by atoms with Gasteiger partial charge in [0.15, 0.2) is 0 Å². The van der Waals surface area contributed by atoms with Gasteiger partial charge in [-0.1, -0.05) is 43.0 Å². The van der Waals surface area contributed by atoms with Gasteiger partial charge in [0.1, 0.15) is 5.60 Å². The van der Waals surface area contributed by atoms with Crippen LogP contribution in [0.4, 0.5) is 4.79 Å². The Balaban J connectivity index is 2.29. The molecule has 2 amide bonds. The Morgan fingerprint density at radius 2 is 1.91 bits per heavy atom. The third kappa shape index (κ3) is 3.21. The van der Waals surface area contributed by atoms with Crippen molar-refractivity contribution in [3.63, 3.8) is 0 Å². The quantitative estimate of drug-likeness (QED) is 0.616. The van der Waals surface area contributed by atoms with E-state index in [-0.39, 0.29) is 6.54 Å². The van der Waals surface area contributed by atoms with Gasteiger partial charge in [0.05, 0.1) is 0 Å². The van der Waals surface area contributed by atoms with Gasteiger partial charge in [0.2, 0.25) is 0 Å². The first-order chi connectivity index (χ1) is 10.7. The summed E-state index contributed by atoms with van der Waals surface area (Å²) in [6, 6.07) is 9.64. The highest BCUT2D eigenvalue weighted by Crippen LogP contribution is 2.40. The van der Waals surface area contributed by atoms with Crippen LogP contribution < -0.4 is 0 Å². The Morgan fingerprint density at radius 1 is 1.30 bits per heavy atom. The lowest BCUT2D eigenvalue weighted by molar-refractivity contribution is -0.128. The summed E-state index contributed by atoms with van der Waals surface area (Å²) in [5.74, 6) is -0.408. The molecule has 0 unspecified atom stereocenters. The van der Waals surface area contributed by atoms with E-state index in [9.17, 15) is 9.59 Å². The third-order valence-corrected chi connectivity index (χ3v) is 4.02. The number of amides is 2. The van der Waals surface area contributed by atoms with Crippen LogP contribution in [0.5, 0.6) is 0 Å². The van der Waals surface area contributed by atoms with Crippen LogP contribution in [0.25, 0.3) is 0 Å². The highest BCUT2D eigenvalue weighted by atomic mass is 16.6. The zero-order chi connectivity index (χ0) is 17.3. The van der Waals surface area contributed by atoms with Crippen LogP contribution >= 0.6 is 0 Å². The molecule has 0 N–H and O–H groups in total. The van der Waals surface area contributed by atoms with Crippen molar-refractivity contribution >= 4 is 12.0 Å². The minimum absolute atomic E-state index is 0.272. The molecule has 1 aliphatic heterocycles. The molecule has 1 aromatic rings. The normalized spacial score (nSPS) is 22.0. The van der Waals surface area contributed by atoms with E-state index < -0.39 is 23.0 Å². The number of likely N-dealkylation sites (tertiary alicyclic amines) is 1. The molecule has 2 rings (SSSR count). The van der Waals surface area contributed by atoms with Crippen molar-refractivity contribution in [3.8, 4) is 0 Å². The number of carbonyl (C=O) groups is 2. The maximum absolute atomic E-state index is 12.7. The van der Waals surface area contributed by atoms with Crippen molar-refractivity contribution in [3.05, 3.63) is 60.7 Å². The van der Waals surface area contributed by atoms with Crippen LogP contribution in [0.15, 0.2) is 55.1 Å². The molecule has 4 nitrogen and oxygen atoms in total. The minimum Gasteiger partial charge on any atom is -0.443 e. The van der Waals surface area contributed by atoms with Gasteiger partial charge in [-0.3, -0.25) is 4.79 Å². The summed E-state index contributed by atoms with van der Waals surface area (Å²) in [6.45, 7) is 13.4. The van der Waals surface area contributed by atoms with Crippen molar-refractivity contribution in [1.82, 2.24) is 4.90 Å². The van der Waals surface area contributed by atoms with Crippen LogP contribution in [-0.2, 0) is 14.9 Å². The van der Waals surface area contributed by atoms with Crippen LogP contribution in [0, 0.1) is 0 Å². The molecule has 1 fully saturated rings. The summed E-state index contributed by atoms with van der Waals surface area (Å²) < 4.78 is 5.30. The Kier molecular flexibility index (Phi) is 4.46. The van der Waals surface area contributed by atoms with Gasteiger partial charge in [-0.05, 0) is 32.8 Å². The molecular weight excluding hydrogens is 290 g/mol. The zero-order valence-corrected chi connectivity index (χ0v) is 14.0. The van der Waals surface area contributed by atoms with Crippen LogP contribution in [0.3, 0.4) is 0 Å². The molecule has 122 valence electrons. The molecular formula is C19H23NO3. The van der Waals surface area contributed by atoms with E-state index in [1.54, 1.807) is 26.8 Å². The maximum Gasteiger partial charge on any atom is 0.417 e. The summed E-state index contributed by atoms with van der Waals surface area (Å²) in [5, 5.41) is 0. The molecule has 4 heteroatoms. The summed E-state index contributed by atoms with van der Waals surface area (Å²) in [7, 11) is 0. The van der Waals surface area contributed by atoms with Gasteiger partial charge >= 0.3 is 6.09 Å². The predicted molar refractivity (Wildman–Crippen MR) is 90.0 cm³/mol. The number of rotatable bonds is 2. The molecule has 0 saturated carbocycles. The van der Waals surface area contributed by atoms with Crippen LogP contribution in [-0.4, -0.2) is 29.0 Å². The second kappa shape index (κ2) is 6.03. The number of ether oxygens (including phenoxy) is 1. The highest BCUT2D eigenvalue weighted by Gasteiger charge is 2.44. The van der Waals surface area contributed by atoms with Gasteiger partial charge in [0, 0.05) is 17.5 Å². The lowest BCUT2D eigenvalue weighted by Crippen LogP contribution is -2.51. The molecule has 1 aliphatic rings. The molecule has 0 spiro atoms. The topological polar surface area (TPSA) is 46.6 Å². The molecule has 1 heterocycles. The van der Waals surface area contributed by atoms with E-state index in [0.717, 1.165) is 10.5 Å². The number of imide groups is 1. The van der Waals surface area contributed by atoms with E-state index in [4.69, 9.17) is 4.74 Å². The van der Waals surface area contributed by atoms with Crippen LogP contribution in [0.1, 0.15) is 32.8 Å². The molecule has 1 saturated heterocycles. The van der Waals surface area contributed by atoms with Gasteiger partial charge in [-0.25, -0.2) is 9.69 Å². The number of nitrogens with zero attached hydrogens (tertiary/aromatic N) is 1. The summed E-state index contributed by atoms with van der Waals surface area (Å²) in [5.41, 5.74) is 0.00935. The number of piperidine rings is 1. The van der Waals surface area contributed by atoms with E-state index in [1.807, 2.05) is 30.3 Å². The van der Waals surface area contributed by atoms with Crippen molar-refractivity contribution in [2.75, 3.05) is 6.54 Å². The predicted octanol–water partition coefficient (Wildman–Crippen LogP) is 3.83. The van der Waals surface area contributed by atoms with Crippen molar-refractivity contribution in [2.24, 2.45) is 0 Å². The first-order valence-corrected chi connectivity index (χ1v) is 7.64. The minimum atomic E-state index is -0.648. The first kappa shape index (κ1) is 17.0. The Morgan fingerprint density at radius 3 is 2.43 bits per heavy atom. The molecule has 0 radical (unpaired) electrons. The second-order valence-corrected chi connectivity index (χ2v) is 6.71. The highest BCUT2D eigenvalue weighted by molar-refractivity contribution is 6.05. The summed E-state index contributed by atoms with van der Waals surface area (Å²) in [6.07, 6.45) is 1.66. The van der Waals surface area contributed by atoms with Gasteiger partial charge in [0.25, 0.3) is 5.91 Å². The number of carbonyl (C=O) groups excluding carboxylic acids is 2. The zero-order valence-electron chi connectivity index (χ0n) is 14.0. The Hall–Kier alpha value is -2.36. The lowest BCUT2D eigenvalue weighted by atomic mass is 9.70. The number of hydrogen-bond donors (Lipinski definition) is 0. The van der Waals surface area contributed by atoms with E-state index >= 15 is 0 Å². The molecule has 1 atom stereocenters. The van der Waals surface area contributed by atoms with Crippen molar-refractivity contribution < 1.29 is 14.3 Å². The van der Waals surface area contributed by atoms with E-state index in [0.29, 0.717) is 12.0 Å². The van der Waals surface area contributed by atoms with Crippen molar-refractivity contribution in [2.45, 2.75) is 38.2 Å². The monoisotopic (exact) mass is 313 g/mol. The standard InChI is InChI=1S/C19H23NO3/c1-6-19(15-10-8-7-9-11-15)12-13-20(16(21)14(19)2)17(22)23-18(3,4)5/h6-11H,1-2,12-13H2,3-5H3/t19-/m0/s1. The van der Waals surface area contributed by atoms with E-state index in [2.05, 4.69) is 13.2 Å². The lowest BCUT2D eigenvalue weighted by Gasteiger charge is -2.40. The molecule has 0 aromatic heterocycles. The van der Waals surface area contributed by atoms with Gasteiger partial charge in [-0.15, -0.1) is 6.58 Å². The Bertz CT molecular complexity index is 642. The average molecular weight is 313 g/mol.